The van der Waals surface area contributed by atoms with Crippen LogP contribution in [-0.4, -0.2) is 18.6 Å². The molecule has 0 amide bonds. The number of halogens is 1. The summed E-state index contributed by atoms with van der Waals surface area (Å²) in [5.74, 6) is 0. The lowest BCUT2D eigenvalue weighted by atomic mass is 10.2. The number of rotatable bonds is 7. The van der Waals surface area contributed by atoms with E-state index in [0.29, 0.717) is 6.54 Å². The Labute approximate surface area is 123 Å². The number of nitrogens with two attached hydrogens (primary N) is 1. The predicted octanol–water partition coefficient (Wildman–Crippen LogP) is 2.06. The van der Waals surface area contributed by atoms with E-state index >= 15 is 0 Å². The summed E-state index contributed by atoms with van der Waals surface area (Å²) in [4.78, 5) is 2.31. The molecule has 4 nitrogen and oxygen atoms in total. The zero-order chi connectivity index (χ0) is 13.5. The molecule has 102 valence electrons. The fraction of sp³-hybridized carbons (Fsp3) is 0.500. The van der Waals surface area contributed by atoms with Gasteiger partial charge in [0.1, 0.15) is 5.50 Å². The van der Waals surface area contributed by atoms with Gasteiger partial charge in [0, 0.05) is 24.1 Å². The van der Waals surface area contributed by atoms with Gasteiger partial charge in [-0.3, -0.25) is 5.43 Å². The van der Waals surface area contributed by atoms with Crippen LogP contribution in [0.25, 0.3) is 0 Å². The topological polar surface area (TPSA) is 53.3 Å². The van der Waals surface area contributed by atoms with Crippen LogP contribution in [0.5, 0.6) is 0 Å². The standard InChI is InChI=1S/C12H21BrN4S/c1-3-17(4-2)11-6-5-9(7-10(11)13)8-15-16-12(14)18/h5-7,12,15-16,18H,3-4,8,14H2,1-2H3/t12-/m0/s1. The number of anilines is 1. The van der Waals surface area contributed by atoms with E-state index in [1.165, 1.54) is 11.3 Å². The number of hydrogen-bond acceptors (Lipinski definition) is 5. The van der Waals surface area contributed by atoms with Gasteiger partial charge in [-0.25, -0.2) is 5.43 Å². The van der Waals surface area contributed by atoms with E-state index in [-0.39, 0.29) is 5.50 Å². The van der Waals surface area contributed by atoms with E-state index in [0.717, 1.165) is 17.6 Å². The normalized spacial score (nSPS) is 12.5. The predicted molar refractivity (Wildman–Crippen MR) is 84.6 cm³/mol. The Morgan fingerprint density at radius 2 is 2.06 bits per heavy atom. The highest BCUT2D eigenvalue weighted by atomic mass is 79.9. The maximum atomic E-state index is 5.46. The lowest BCUT2D eigenvalue weighted by molar-refractivity contribution is 0.520. The summed E-state index contributed by atoms with van der Waals surface area (Å²) in [6.07, 6.45) is 0. The zero-order valence-corrected chi connectivity index (χ0v) is 13.3. The molecule has 1 aromatic carbocycles. The number of nitrogens with one attached hydrogen (secondary N) is 2. The van der Waals surface area contributed by atoms with E-state index in [9.17, 15) is 0 Å². The molecule has 4 N–H and O–H groups in total. The molecule has 0 saturated carbocycles. The van der Waals surface area contributed by atoms with Crippen LogP contribution in [0.15, 0.2) is 22.7 Å². The van der Waals surface area contributed by atoms with Crippen molar-refractivity contribution in [2.75, 3.05) is 18.0 Å². The van der Waals surface area contributed by atoms with Crippen molar-refractivity contribution >= 4 is 34.2 Å². The summed E-state index contributed by atoms with van der Waals surface area (Å²) < 4.78 is 1.11. The van der Waals surface area contributed by atoms with Crippen molar-refractivity contribution in [3.63, 3.8) is 0 Å². The molecule has 1 rings (SSSR count). The molecular formula is C12H21BrN4S. The van der Waals surface area contributed by atoms with Gasteiger partial charge in [0.05, 0.1) is 5.69 Å². The number of hydrazine groups is 1. The van der Waals surface area contributed by atoms with E-state index in [4.69, 9.17) is 5.73 Å². The molecule has 0 aliphatic carbocycles. The smallest absolute Gasteiger partial charge is 0.113 e. The first-order valence-electron chi connectivity index (χ1n) is 6.03. The monoisotopic (exact) mass is 332 g/mol. The lowest BCUT2D eigenvalue weighted by Gasteiger charge is -2.23. The molecule has 1 atom stereocenters. The Morgan fingerprint density at radius 3 is 2.56 bits per heavy atom. The first-order chi connectivity index (χ1) is 8.58. The summed E-state index contributed by atoms with van der Waals surface area (Å²) in [6.45, 7) is 7.02. The molecule has 1 aromatic rings. The minimum absolute atomic E-state index is 0.358. The van der Waals surface area contributed by atoms with Gasteiger partial charge >= 0.3 is 0 Å². The molecule has 0 saturated heterocycles. The Kier molecular flexibility index (Phi) is 7.03. The maximum absolute atomic E-state index is 5.46. The van der Waals surface area contributed by atoms with Crippen LogP contribution < -0.4 is 21.5 Å². The molecule has 6 heteroatoms. The van der Waals surface area contributed by atoms with Gasteiger partial charge in [0.15, 0.2) is 0 Å². The van der Waals surface area contributed by atoms with Crippen molar-refractivity contribution in [2.24, 2.45) is 5.73 Å². The largest absolute Gasteiger partial charge is 0.371 e. The summed E-state index contributed by atoms with van der Waals surface area (Å²) >= 11 is 7.64. The molecule has 0 aliphatic rings. The zero-order valence-electron chi connectivity index (χ0n) is 10.8. The molecule has 0 unspecified atom stereocenters. The van der Waals surface area contributed by atoms with Gasteiger partial charge in [0.25, 0.3) is 0 Å². The first-order valence-corrected chi connectivity index (χ1v) is 7.34. The highest BCUT2D eigenvalue weighted by molar-refractivity contribution is 9.10. The highest BCUT2D eigenvalue weighted by Gasteiger charge is 2.07. The minimum Gasteiger partial charge on any atom is -0.371 e. The molecule has 0 heterocycles. The molecule has 0 radical (unpaired) electrons. The molecule has 0 aliphatic heterocycles. The van der Waals surface area contributed by atoms with E-state index in [2.05, 4.69) is 76.4 Å². The van der Waals surface area contributed by atoms with E-state index in [1.807, 2.05) is 0 Å². The van der Waals surface area contributed by atoms with Crippen LogP contribution in [0.4, 0.5) is 5.69 Å². The summed E-state index contributed by atoms with van der Waals surface area (Å²) in [6, 6.07) is 6.36. The second-order valence-electron chi connectivity index (χ2n) is 3.90. The summed E-state index contributed by atoms with van der Waals surface area (Å²) in [7, 11) is 0. The van der Waals surface area contributed by atoms with Gasteiger partial charge in [0.2, 0.25) is 0 Å². The third kappa shape index (κ3) is 4.78. The van der Waals surface area contributed by atoms with Gasteiger partial charge in [-0.05, 0) is 47.5 Å². The number of benzene rings is 1. The first kappa shape index (κ1) is 15.8. The lowest BCUT2D eigenvalue weighted by Crippen LogP contribution is -2.42. The quantitative estimate of drug-likeness (QED) is 0.351. The van der Waals surface area contributed by atoms with E-state index < -0.39 is 0 Å². The van der Waals surface area contributed by atoms with Crippen LogP contribution >= 0.6 is 28.6 Å². The second-order valence-corrected chi connectivity index (χ2v) is 5.31. The Balaban J connectivity index is 2.67. The summed E-state index contributed by atoms with van der Waals surface area (Å²) in [5, 5.41) is 0. The Morgan fingerprint density at radius 1 is 1.39 bits per heavy atom. The fourth-order valence-corrected chi connectivity index (χ4v) is 2.51. The van der Waals surface area contributed by atoms with Crippen LogP contribution in [0, 0.1) is 0 Å². The van der Waals surface area contributed by atoms with Crippen LogP contribution in [-0.2, 0) is 6.54 Å². The van der Waals surface area contributed by atoms with E-state index in [1.54, 1.807) is 0 Å². The summed E-state index contributed by atoms with van der Waals surface area (Å²) in [5.41, 5.74) is 13.4. The van der Waals surface area contributed by atoms with Crippen molar-refractivity contribution in [1.82, 2.24) is 10.9 Å². The Bertz CT molecular complexity index is 369. The third-order valence-electron chi connectivity index (χ3n) is 2.66. The molecule has 18 heavy (non-hydrogen) atoms. The van der Waals surface area contributed by atoms with Gasteiger partial charge in [-0.2, -0.15) is 0 Å². The maximum Gasteiger partial charge on any atom is 0.113 e. The fourth-order valence-electron chi connectivity index (χ4n) is 1.74. The SMILES string of the molecule is CCN(CC)c1ccc(CNN[C@H](N)S)cc1Br. The van der Waals surface area contributed by atoms with Crippen LogP contribution in [0.3, 0.4) is 0 Å². The van der Waals surface area contributed by atoms with Crippen molar-refractivity contribution in [3.05, 3.63) is 28.2 Å². The molecule has 0 aromatic heterocycles. The van der Waals surface area contributed by atoms with Gasteiger partial charge < -0.3 is 10.6 Å². The minimum atomic E-state index is -0.358. The van der Waals surface area contributed by atoms with Crippen LogP contribution in [0.2, 0.25) is 0 Å². The molecule has 0 fully saturated rings. The van der Waals surface area contributed by atoms with Crippen molar-refractivity contribution < 1.29 is 0 Å². The third-order valence-corrected chi connectivity index (χ3v) is 3.42. The van der Waals surface area contributed by atoms with Crippen LogP contribution in [0.1, 0.15) is 19.4 Å². The average Bonchev–Trinajstić information content (AvgIpc) is 2.32. The van der Waals surface area contributed by atoms with Gasteiger partial charge in [-0.15, -0.1) is 12.6 Å². The van der Waals surface area contributed by atoms with Gasteiger partial charge in [-0.1, -0.05) is 6.07 Å². The molecular weight excluding hydrogens is 312 g/mol. The number of hydrogen-bond donors (Lipinski definition) is 4. The Hall–Kier alpha value is -0.270. The highest BCUT2D eigenvalue weighted by Crippen LogP contribution is 2.27. The average molecular weight is 333 g/mol. The number of nitrogens with zero attached hydrogens (tertiary/aromatic N) is 1. The number of thiol groups is 1. The van der Waals surface area contributed by atoms with Crippen molar-refractivity contribution in [2.45, 2.75) is 25.9 Å². The molecule has 0 spiro atoms. The second kappa shape index (κ2) is 8.01. The molecule has 0 bridgehead atoms. The van der Waals surface area contributed by atoms with Crippen molar-refractivity contribution in [3.8, 4) is 0 Å². The van der Waals surface area contributed by atoms with Crippen molar-refractivity contribution in [1.29, 1.82) is 0 Å².